The molecule has 6 nitrogen and oxygen atoms in total. The Labute approximate surface area is 112 Å². The molecule has 19 heavy (non-hydrogen) atoms. The lowest BCUT2D eigenvalue weighted by Gasteiger charge is -2.16. The fourth-order valence-electron chi connectivity index (χ4n) is 2.70. The molecule has 1 aromatic heterocycles. The van der Waals surface area contributed by atoms with Gasteiger partial charge in [0.05, 0.1) is 4.92 Å². The van der Waals surface area contributed by atoms with Crippen LogP contribution in [0.5, 0.6) is 0 Å². The summed E-state index contributed by atoms with van der Waals surface area (Å²) in [5, 5.41) is 14.1. The molecule has 2 aliphatic rings. The summed E-state index contributed by atoms with van der Waals surface area (Å²) in [5.74, 6) is 0.741. The first kappa shape index (κ1) is 12.3. The molecule has 102 valence electrons. The zero-order valence-electron chi connectivity index (χ0n) is 11.0. The third-order valence-electron chi connectivity index (χ3n) is 3.91. The average molecular weight is 262 g/mol. The van der Waals surface area contributed by atoms with E-state index in [1.165, 1.54) is 19.0 Å². The minimum atomic E-state index is -0.392. The normalized spacial score (nSPS) is 23.5. The van der Waals surface area contributed by atoms with Crippen molar-refractivity contribution >= 4 is 11.5 Å². The van der Waals surface area contributed by atoms with Crippen molar-refractivity contribution in [3.05, 3.63) is 27.9 Å². The summed E-state index contributed by atoms with van der Waals surface area (Å²) >= 11 is 0. The largest absolute Gasteiger partial charge is 0.366 e. The number of hydrogen-bond donors (Lipinski definition) is 1. The number of nitro groups is 1. The Kier molecular flexibility index (Phi) is 3.10. The van der Waals surface area contributed by atoms with Crippen molar-refractivity contribution in [3.63, 3.8) is 0 Å². The van der Waals surface area contributed by atoms with Gasteiger partial charge in [0, 0.05) is 30.7 Å². The molecule has 1 saturated carbocycles. The number of likely N-dealkylation sites (tertiary alicyclic amines) is 1. The van der Waals surface area contributed by atoms with E-state index in [-0.39, 0.29) is 5.69 Å². The lowest BCUT2D eigenvalue weighted by atomic mass is 10.2. The molecule has 1 atom stereocenters. The second-order valence-corrected chi connectivity index (χ2v) is 5.47. The SMILES string of the molecule is Cc1cc(NC2CCN(C3CC3)C2)ncc1[N+](=O)[O-]. The third kappa shape index (κ3) is 2.68. The number of rotatable bonds is 4. The van der Waals surface area contributed by atoms with Crippen molar-refractivity contribution in [3.8, 4) is 0 Å². The molecule has 1 saturated heterocycles. The van der Waals surface area contributed by atoms with Gasteiger partial charge in [0.25, 0.3) is 5.69 Å². The van der Waals surface area contributed by atoms with Crippen LogP contribution in [-0.4, -0.2) is 40.0 Å². The number of aromatic nitrogens is 1. The maximum atomic E-state index is 10.7. The topological polar surface area (TPSA) is 71.3 Å². The monoisotopic (exact) mass is 262 g/mol. The van der Waals surface area contributed by atoms with Gasteiger partial charge in [-0.3, -0.25) is 15.0 Å². The summed E-state index contributed by atoms with van der Waals surface area (Å²) < 4.78 is 0. The Balaban J connectivity index is 1.63. The van der Waals surface area contributed by atoms with E-state index in [0.717, 1.165) is 31.4 Å². The molecule has 1 aliphatic carbocycles. The van der Waals surface area contributed by atoms with Crippen molar-refractivity contribution in [1.82, 2.24) is 9.88 Å². The summed E-state index contributed by atoms with van der Waals surface area (Å²) in [5.41, 5.74) is 0.733. The minimum absolute atomic E-state index is 0.0802. The van der Waals surface area contributed by atoms with Crippen molar-refractivity contribution in [1.29, 1.82) is 0 Å². The van der Waals surface area contributed by atoms with Crippen LogP contribution in [0.1, 0.15) is 24.8 Å². The highest BCUT2D eigenvalue weighted by molar-refractivity contribution is 5.47. The second kappa shape index (κ2) is 4.77. The van der Waals surface area contributed by atoms with Gasteiger partial charge in [-0.2, -0.15) is 0 Å². The summed E-state index contributed by atoms with van der Waals surface area (Å²) in [6, 6.07) is 2.98. The average Bonchev–Trinajstić information content (AvgIpc) is 3.10. The van der Waals surface area contributed by atoms with Crippen LogP contribution in [0.3, 0.4) is 0 Å². The molecular weight excluding hydrogens is 244 g/mol. The molecule has 1 unspecified atom stereocenters. The molecule has 0 spiro atoms. The summed E-state index contributed by atoms with van der Waals surface area (Å²) in [6.45, 7) is 3.95. The highest BCUT2D eigenvalue weighted by Gasteiger charge is 2.34. The number of anilines is 1. The van der Waals surface area contributed by atoms with Gasteiger partial charge in [-0.1, -0.05) is 0 Å². The number of nitrogens with zero attached hydrogens (tertiary/aromatic N) is 3. The van der Waals surface area contributed by atoms with E-state index in [1.807, 2.05) is 0 Å². The Morgan fingerprint density at radius 1 is 1.47 bits per heavy atom. The summed E-state index contributed by atoms with van der Waals surface area (Å²) in [7, 11) is 0. The van der Waals surface area contributed by atoms with Crippen molar-refractivity contribution in [2.75, 3.05) is 18.4 Å². The van der Waals surface area contributed by atoms with Crippen LogP contribution in [0, 0.1) is 17.0 Å². The van der Waals surface area contributed by atoms with Gasteiger partial charge < -0.3 is 5.32 Å². The van der Waals surface area contributed by atoms with Crippen LogP contribution >= 0.6 is 0 Å². The standard InChI is InChI=1S/C13H18N4O2/c1-9-6-13(14-7-12(9)17(18)19)15-10-4-5-16(8-10)11-2-3-11/h6-7,10-11H,2-5,8H2,1H3,(H,14,15). The zero-order chi connectivity index (χ0) is 13.4. The molecule has 0 radical (unpaired) electrons. The Bertz CT molecular complexity index is 501. The van der Waals surface area contributed by atoms with Gasteiger partial charge in [-0.15, -0.1) is 0 Å². The molecule has 6 heteroatoms. The van der Waals surface area contributed by atoms with Crippen LogP contribution in [0.4, 0.5) is 11.5 Å². The minimum Gasteiger partial charge on any atom is -0.366 e. The quantitative estimate of drug-likeness (QED) is 0.663. The third-order valence-corrected chi connectivity index (χ3v) is 3.91. The molecular formula is C13H18N4O2. The number of nitrogens with one attached hydrogen (secondary N) is 1. The van der Waals surface area contributed by atoms with Crippen LogP contribution in [-0.2, 0) is 0 Å². The Morgan fingerprint density at radius 2 is 2.26 bits per heavy atom. The maximum Gasteiger partial charge on any atom is 0.290 e. The first-order valence-electron chi connectivity index (χ1n) is 6.75. The first-order valence-corrected chi connectivity index (χ1v) is 6.75. The van der Waals surface area contributed by atoms with Crippen molar-refractivity contribution in [2.24, 2.45) is 0 Å². The van der Waals surface area contributed by atoms with Gasteiger partial charge in [-0.05, 0) is 32.3 Å². The highest BCUT2D eigenvalue weighted by Crippen LogP contribution is 2.30. The van der Waals surface area contributed by atoms with Gasteiger partial charge in [0.15, 0.2) is 0 Å². The van der Waals surface area contributed by atoms with Gasteiger partial charge in [0.1, 0.15) is 12.0 Å². The molecule has 3 rings (SSSR count). The smallest absolute Gasteiger partial charge is 0.290 e. The van der Waals surface area contributed by atoms with E-state index >= 15 is 0 Å². The van der Waals surface area contributed by atoms with E-state index in [0.29, 0.717) is 11.6 Å². The van der Waals surface area contributed by atoms with E-state index in [9.17, 15) is 10.1 Å². The molecule has 0 bridgehead atoms. The molecule has 1 aromatic rings. The fourth-order valence-corrected chi connectivity index (χ4v) is 2.70. The molecule has 1 aliphatic heterocycles. The number of aryl methyl sites for hydroxylation is 1. The van der Waals surface area contributed by atoms with E-state index in [2.05, 4.69) is 15.2 Å². The van der Waals surface area contributed by atoms with Crippen molar-refractivity contribution < 1.29 is 4.92 Å². The molecule has 0 aromatic carbocycles. The summed E-state index contributed by atoms with van der Waals surface area (Å²) in [6.07, 6.45) is 5.13. The van der Waals surface area contributed by atoms with Crippen LogP contribution < -0.4 is 5.32 Å². The maximum absolute atomic E-state index is 10.7. The fraction of sp³-hybridized carbons (Fsp3) is 0.615. The Morgan fingerprint density at radius 3 is 2.89 bits per heavy atom. The van der Waals surface area contributed by atoms with Gasteiger partial charge >= 0.3 is 0 Å². The lowest BCUT2D eigenvalue weighted by Crippen LogP contribution is -2.28. The number of pyridine rings is 1. The van der Waals surface area contributed by atoms with Crippen LogP contribution in [0.25, 0.3) is 0 Å². The molecule has 1 N–H and O–H groups in total. The molecule has 2 fully saturated rings. The van der Waals surface area contributed by atoms with Crippen molar-refractivity contribution in [2.45, 2.75) is 38.3 Å². The van der Waals surface area contributed by atoms with Crippen LogP contribution in [0.2, 0.25) is 0 Å². The van der Waals surface area contributed by atoms with E-state index in [4.69, 9.17) is 0 Å². The molecule has 0 amide bonds. The lowest BCUT2D eigenvalue weighted by molar-refractivity contribution is -0.385. The highest BCUT2D eigenvalue weighted by atomic mass is 16.6. The molecule has 2 heterocycles. The summed E-state index contributed by atoms with van der Waals surface area (Å²) in [4.78, 5) is 17.0. The predicted molar refractivity (Wildman–Crippen MR) is 72.3 cm³/mol. The van der Waals surface area contributed by atoms with E-state index < -0.39 is 4.92 Å². The number of hydrogen-bond acceptors (Lipinski definition) is 5. The van der Waals surface area contributed by atoms with E-state index in [1.54, 1.807) is 13.0 Å². The van der Waals surface area contributed by atoms with Crippen LogP contribution in [0.15, 0.2) is 12.3 Å². The van der Waals surface area contributed by atoms with Gasteiger partial charge in [-0.25, -0.2) is 4.98 Å². The first-order chi connectivity index (χ1) is 9.13. The van der Waals surface area contributed by atoms with Gasteiger partial charge in [0.2, 0.25) is 0 Å². The second-order valence-electron chi connectivity index (χ2n) is 5.47. The zero-order valence-corrected chi connectivity index (χ0v) is 11.0. The Hall–Kier alpha value is -1.69. The predicted octanol–water partition coefficient (Wildman–Crippen LogP) is 1.95.